The van der Waals surface area contributed by atoms with Crippen molar-refractivity contribution in [2.75, 3.05) is 30.0 Å². The van der Waals surface area contributed by atoms with Crippen molar-refractivity contribution in [3.8, 4) is 11.5 Å². The van der Waals surface area contributed by atoms with Gasteiger partial charge in [0.25, 0.3) is 11.8 Å². The van der Waals surface area contributed by atoms with Crippen LogP contribution in [0.3, 0.4) is 0 Å². The Bertz CT molecular complexity index is 866. The average molecular weight is 396 g/mol. The third-order valence-electron chi connectivity index (χ3n) is 4.85. The summed E-state index contributed by atoms with van der Waals surface area (Å²) in [4.78, 5) is 26.4. The molecule has 0 atom stereocenters. The van der Waals surface area contributed by atoms with Gasteiger partial charge in [0.1, 0.15) is 11.5 Å². The second kappa shape index (κ2) is 9.96. The molecule has 0 radical (unpaired) electrons. The summed E-state index contributed by atoms with van der Waals surface area (Å²) in [5.74, 6) is 1.02. The van der Waals surface area contributed by atoms with Gasteiger partial charge in [-0.25, -0.2) is 0 Å². The minimum Gasteiger partial charge on any atom is -0.484 e. The molecule has 0 saturated carbocycles. The number of ether oxygens (including phenoxy) is 2. The molecule has 1 aliphatic rings. The number of anilines is 2. The third-order valence-corrected chi connectivity index (χ3v) is 4.85. The topological polar surface area (TPSA) is 67.9 Å². The number of nitrogens with one attached hydrogen (secondary N) is 1. The van der Waals surface area contributed by atoms with Gasteiger partial charge in [0.05, 0.1) is 5.69 Å². The molecule has 0 aromatic heterocycles. The predicted octanol–water partition coefficient (Wildman–Crippen LogP) is 4.18. The summed E-state index contributed by atoms with van der Waals surface area (Å²) in [7, 11) is 0. The number of unbranched alkanes of at least 4 members (excludes halogenated alkanes) is 2. The molecule has 0 bridgehead atoms. The van der Waals surface area contributed by atoms with E-state index in [4.69, 9.17) is 9.47 Å². The molecule has 1 heterocycles. The highest BCUT2D eigenvalue weighted by Crippen LogP contribution is 2.34. The number of carbonyl (C=O) groups is 2. The second-order valence-electron chi connectivity index (χ2n) is 7.06. The van der Waals surface area contributed by atoms with Crippen LogP contribution in [0.1, 0.15) is 38.7 Å². The number of benzene rings is 2. The van der Waals surface area contributed by atoms with E-state index in [1.807, 2.05) is 24.3 Å². The molecule has 6 heteroatoms. The quantitative estimate of drug-likeness (QED) is 0.646. The van der Waals surface area contributed by atoms with Gasteiger partial charge in [0.2, 0.25) is 0 Å². The van der Waals surface area contributed by atoms with Crippen LogP contribution in [0.25, 0.3) is 0 Å². The number of rotatable bonds is 9. The van der Waals surface area contributed by atoms with E-state index in [2.05, 4.69) is 19.2 Å². The molecule has 2 aromatic carbocycles. The molecule has 1 aliphatic heterocycles. The van der Waals surface area contributed by atoms with Crippen LogP contribution in [-0.2, 0) is 16.0 Å². The number of hydrogen-bond donors (Lipinski definition) is 1. The molecular weight excluding hydrogens is 368 g/mol. The highest BCUT2D eigenvalue weighted by Gasteiger charge is 2.25. The number of nitrogens with zero attached hydrogens (tertiary/aromatic N) is 1. The zero-order valence-corrected chi connectivity index (χ0v) is 17.1. The van der Waals surface area contributed by atoms with Crippen LogP contribution in [0.15, 0.2) is 42.5 Å². The van der Waals surface area contributed by atoms with Crippen LogP contribution in [0.2, 0.25) is 0 Å². The maximum atomic E-state index is 12.3. The monoisotopic (exact) mass is 396 g/mol. The van der Waals surface area contributed by atoms with Gasteiger partial charge in [0, 0.05) is 12.2 Å². The van der Waals surface area contributed by atoms with Crippen molar-refractivity contribution in [3.05, 3.63) is 48.0 Å². The lowest BCUT2D eigenvalue weighted by Gasteiger charge is -2.29. The van der Waals surface area contributed by atoms with E-state index in [1.54, 1.807) is 23.1 Å². The number of fused-ring (bicyclic) bond motifs is 1. The fraction of sp³-hybridized carbons (Fsp3) is 0.391. The molecule has 0 aliphatic carbocycles. The lowest BCUT2D eigenvalue weighted by molar-refractivity contribution is -0.121. The maximum absolute atomic E-state index is 12.3. The summed E-state index contributed by atoms with van der Waals surface area (Å²) in [6.45, 7) is 4.82. The molecule has 2 amide bonds. The number of aryl methyl sites for hydroxylation is 1. The minimum absolute atomic E-state index is 0.0511. The molecule has 2 aromatic rings. The summed E-state index contributed by atoms with van der Waals surface area (Å²) in [5.41, 5.74) is 2.47. The standard InChI is InChI=1S/C23H28N2O4/c1-3-5-6-12-25-20-14-18(10-11-21(20)29-16-23(25)27)24-22(26)15-28-19-9-7-8-17(4-2)13-19/h7-11,13-14H,3-6,12,15-16H2,1-2H3,(H,24,26). The fourth-order valence-electron chi connectivity index (χ4n) is 3.25. The predicted molar refractivity (Wildman–Crippen MR) is 114 cm³/mol. The normalized spacial score (nSPS) is 12.9. The van der Waals surface area contributed by atoms with Crippen LogP contribution in [0.4, 0.5) is 11.4 Å². The molecule has 6 nitrogen and oxygen atoms in total. The number of amides is 2. The third kappa shape index (κ3) is 5.50. The largest absolute Gasteiger partial charge is 0.484 e. The number of hydrogen-bond acceptors (Lipinski definition) is 4. The zero-order chi connectivity index (χ0) is 20.6. The smallest absolute Gasteiger partial charge is 0.265 e. The average Bonchev–Trinajstić information content (AvgIpc) is 2.74. The van der Waals surface area contributed by atoms with Crippen molar-refractivity contribution in [1.29, 1.82) is 0 Å². The van der Waals surface area contributed by atoms with Crippen molar-refractivity contribution in [1.82, 2.24) is 0 Å². The Morgan fingerprint density at radius 2 is 2.03 bits per heavy atom. The van der Waals surface area contributed by atoms with Gasteiger partial charge < -0.3 is 19.7 Å². The summed E-state index contributed by atoms with van der Waals surface area (Å²) in [6.07, 6.45) is 3.99. The first-order valence-electron chi connectivity index (χ1n) is 10.2. The van der Waals surface area contributed by atoms with Crippen molar-refractivity contribution >= 4 is 23.2 Å². The van der Waals surface area contributed by atoms with Gasteiger partial charge in [-0.2, -0.15) is 0 Å². The Morgan fingerprint density at radius 3 is 2.83 bits per heavy atom. The molecular formula is C23H28N2O4. The molecule has 154 valence electrons. The van der Waals surface area contributed by atoms with Crippen LogP contribution in [-0.4, -0.2) is 31.6 Å². The minimum atomic E-state index is -0.257. The highest BCUT2D eigenvalue weighted by atomic mass is 16.5. The van der Waals surface area contributed by atoms with Crippen molar-refractivity contribution in [2.24, 2.45) is 0 Å². The molecule has 0 saturated heterocycles. The Morgan fingerprint density at radius 1 is 1.17 bits per heavy atom. The van der Waals surface area contributed by atoms with E-state index in [-0.39, 0.29) is 25.0 Å². The van der Waals surface area contributed by atoms with E-state index in [1.165, 1.54) is 0 Å². The summed E-state index contributed by atoms with van der Waals surface area (Å²) in [5, 5.41) is 2.84. The summed E-state index contributed by atoms with van der Waals surface area (Å²) < 4.78 is 11.1. The molecule has 1 N–H and O–H groups in total. The molecule has 0 spiro atoms. The summed E-state index contributed by atoms with van der Waals surface area (Å²) >= 11 is 0. The van der Waals surface area contributed by atoms with Crippen molar-refractivity contribution in [3.63, 3.8) is 0 Å². The Balaban J connectivity index is 1.63. The van der Waals surface area contributed by atoms with E-state index in [0.717, 1.165) is 31.2 Å². The SMILES string of the molecule is CCCCCN1C(=O)COc2ccc(NC(=O)COc3cccc(CC)c3)cc21. The van der Waals surface area contributed by atoms with Gasteiger partial charge in [0.15, 0.2) is 13.2 Å². The molecule has 0 fully saturated rings. The van der Waals surface area contributed by atoms with E-state index < -0.39 is 0 Å². The lowest BCUT2D eigenvalue weighted by atomic mass is 10.1. The zero-order valence-electron chi connectivity index (χ0n) is 17.1. The Hall–Kier alpha value is -3.02. The highest BCUT2D eigenvalue weighted by molar-refractivity contribution is 5.99. The fourth-order valence-corrected chi connectivity index (χ4v) is 3.25. The van der Waals surface area contributed by atoms with Gasteiger partial charge in [-0.3, -0.25) is 9.59 Å². The van der Waals surface area contributed by atoms with Crippen LogP contribution >= 0.6 is 0 Å². The van der Waals surface area contributed by atoms with E-state index in [0.29, 0.717) is 29.4 Å². The first-order valence-corrected chi connectivity index (χ1v) is 10.2. The number of carbonyl (C=O) groups excluding carboxylic acids is 2. The lowest BCUT2D eigenvalue weighted by Crippen LogP contribution is -2.39. The maximum Gasteiger partial charge on any atom is 0.265 e. The molecule has 0 unspecified atom stereocenters. The van der Waals surface area contributed by atoms with Gasteiger partial charge in [-0.1, -0.05) is 38.8 Å². The second-order valence-corrected chi connectivity index (χ2v) is 7.06. The Kier molecular flexibility index (Phi) is 7.11. The van der Waals surface area contributed by atoms with Gasteiger partial charge in [-0.15, -0.1) is 0 Å². The first-order chi connectivity index (χ1) is 14.1. The van der Waals surface area contributed by atoms with E-state index in [9.17, 15) is 9.59 Å². The van der Waals surface area contributed by atoms with Crippen molar-refractivity contribution < 1.29 is 19.1 Å². The summed E-state index contributed by atoms with van der Waals surface area (Å²) in [6, 6.07) is 13.1. The Labute approximate surface area is 171 Å². The van der Waals surface area contributed by atoms with Crippen LogP contribution in [0.5, 0.6) is 11.5 Å². The van der Waals surface area contributed by atoms with Crippen LogP contribution < -0.4 is 19.7 Å². The van der Waals surface area contributed by atoms with Gasteiger partial charge >= 0.3 is 0 Å². The van der Waals surface area contributed by atoms with E-state index >= 15 is 0 Å². The van der Waals surface area contributed by atoms with Crippen molar-refractivity contribution in [2.45, 2.75) is 39.5 Å². The first kappa shape index (κ1) is 20.7. The van der Waals surface area contributed by atoms with Crippen LogP contribution in [0, 0.1) is 0 Å². The van der Waals surface area contributed by atoms with Gasteiger partial charge in [-0.05, 0) is 48.7 Å². The molecule has 29 heavy (non-hydrogen) atoms. The molecule has 3 rings (SSSR count).